The lowest BCUT2D eigenvalue weighted by atomic mass is 9.93. The van der Waals surface area contributed by atoms with Crippen LogP contribution < -0.4 is 23.7 Å². The first-order valence-corrected chi connectivity index (χ1v) is 16.5. The third-order valence-electron chi connectivity index (χ3n) is 8.41. The van der Waals surface area contributed by atoms with Crippen molar-refractivity contribution in [2.45, 2.75) is 45.1 Å². The predicted octanol–water partition coefficient (Wildman–Crippen LogP) is 9.04. The molecule has 6 nitrogen and oxygen atoms in total. The molecule has 0 aromatic heterocycles. The molecule has 0 fully saturated rings. The molecular formula is C43H38O6. The molecule has 246 valence electrons. The first-order valence-electron chi connectivity index (χ1n) is 16.5. The average Bonchev–Trinajstić information content (AvgIpc) is 3.16. The van der Waals surface area contributed by atoms with Crippen LogP contribution in [0.15, 0.2) is 152 Å². The van der Waals surface area contributed by atoms with E-state index in [1.165, 1.54) is 0 Å². The summed E-state index contributed by atoms with van der Waals surface area (Å²) in [6.45, 7) is 1.54. The standard InChI is InChI=1S/C43H38O6/c44-38-26-37-40(47-29-33-17-9-3-10-18-33)24-36(45-27-31-13-5-1-6-14-31)25-41(37)49-43(38)35-21-22-39(46-28-32-15-7-2-8-16-32)42(23-35)48-30-34-19-11-4-12-20-34/h1-25,38,43-44H,26-30H2/t38-,43-/m0/s1. The summed E-state index contributed by atoms with van der Waals surface area (Å²) in [5.74, 6) is 3.05. The van der Waals surface area contributed by atoms with Crippen molar-refractivity contribution in [1.29, 1.82) is 0 Å². The number of fused-ring (bicyclic) bond motifs is 1. The Morgan fingerprint density at radius 2 is 0.959 bits per heavy atom. The van der Waals surface area contributed by atoms with E-state index >= 15 is 0 Å². The van der Waals surface area contributed by atoms with Crippen LogP contribution >= 0.6 is 0 Å². The van der Waals surface area contributed by atoms with E-state index in [0.29, 0.717) is 61.6 Å². The van der Waals surface area contributed by atoms with Crippen LogP contribution in [-0.2, 0) is 32.8 Å². The summed E-state index contributed by atoms with van der Waals surface area (Å²) in [7, 11) is 0. The van der Waals surface area contributed by atoms with Crippen molar-refractivity contribution in [2.24, 2.45) is 0 Å². The van der Waals surface area contributed by atoms with E-state index < -0.39 is 12.2 Å². The number of ether oxygens (including phenoxy) is 5. The molecule has 1 aliphatic rings. The fourth-order valence-corrected chi connectivity index (χ4v) is 5.82. The highest BCUT2D eigenvalue weighted by Crippen LogP contribution is 2.44. The summed E-state index contributed by atoms with van der Waals surface area (Å²) in [4.78, 5) is 0. The number of aliphatic hydroxyl groups excluding tert-OH is 1. The van der Waals surface area contributed by atoms with Gasteiger partial charge in [0.05, 0.1) is 6.10 Å². The summed E-state index contributed by atoms with van der Waals surface area (Å²) in [5, 5.41) is 11.5. The van der Waals surface area contributed by atoms with Crippen LogP contribution in [0, 0.1) is 0 Å². The molecule has 7 rings (SSSR count). The quantitative estimate of drug-likeness (QED) is 0.135. The Kier molecular flexibility index (Phi) is 10.0. The number of rotatable bonds is 13. The Hall–Kier alpha value is -5.72. The van der Waals surface area contributed by atoms with Gasteiger partial charge in [-0.25, -0.2) is 0 Å². The molecular weight excluding hydrogens is 612 g/mol. The van der Waals surface area contributed by atoms with E-state index in [0.717, 1.165) is 33.4 Å². The van der Waals surface area contributed by atoms with Crippen molar-refractivity contribution in [3.63, 3.8) is 0 Å². The summed E-state index contributed by atoms with van der Waals surface area (Å²) < 4.78 is 31.7. The van der Waals surface area contributed by atoms with Crippen LogP contribution in [-0.4, -0.2) is 11.2 Å². The molecule has 2 atom stereocenters. The topological polar surface area (TPSA) is 66.4 Å². The molecule has 6 aromatic rings. The minimum absolute atomic E-state index is 0.343. The van der Waals surface area contributed by atoms with Gasteiger partial charge in [0.1, 0.15) is 49.8 Å². The lowest BCUT2D eigenvalue weighted by molar-refractivity contribution is 0.0192. The summed E-state index contributed by atoms with van der Waals surface area (Å²) in [6.07, 6.45) is -1.14. The largest absolute Gasteiger partial charge is 0.489 e. The van der Waals surface area contributed by atoms with Crippen molar-refractivity contribution in [2.75, 3.05) is 0 Å². The maximum Gasteiger partial charge on any atom is 0.162 e. The van der Waals surface area contributed by atoms with Gasteiger partial charge in [-0.05, 0) is 39.9 Å². The summed E-state index contributed by atoms with van der Waals surface area (Å²) in [6, 6.07) is 49.5. The Morgan fingerprint density at radius 3 is 1.49 bits per heavy atom. The zero-order valence-corrected chi connectivity index (χ0v) is 27.1. The molecule has 0 spiro atoms. The van der Waals surface area contributed by atoms with Gasteiger partial charge >= 0.3 is 0 Å². The van der Waals surface area contributed by atoms with E-state index in [1.807, 2.05) is 152 Å². The van der Waals surface area contributed by atoms with E-state index in [9.17, 15) is 5.11 Å². The fourth-order valence-electron chi connectivity index (χ4n) is 5.82. The van der Waals surface area contributed by atoms with Crippen LogP contribution in [0.25, 0.3) is 0 Å². The van der Waals surface area contributed by atoms with Crippen molar-refractivity contribution in [1.82, 2.24) is 0 Å². The van der Waals surface area contributed by atoms with E-state index in [4.69, 9.17) is 23.7 Å². The van der Waals surface area contributed by atoms with Crippen molar-refractivity contribution in [3.05, 3.63) is 185 Å². The van der Waals surface area contributed by atoms with Gasteiger partial charge in [-0.1, -0.05) is 127 Å². The molecule has 0 radical (unpaired) electrons. The van der Waals surface area contributed by atoms with Crippen molar-refractivity contribution < 1.29 is 28.8 Å². The molecule has 1 heterocycles. The van der Waals surface area contributed by atoms with Crippen molar-refractivity contribution >= 4 is 0 Å². The Labute approximate surface area is 287 Å². The van der Waals surface area contributed by atoms with Gasteiger partial charge in [-0.3, -0.25) is 0 Å². The SMILES string of the molecule is O[C@H]1Cc2c(OCc3ccccc3)cc(OCc3ccccc3)cc2O[C@H]1c1ccc(OCc2ccccc2)c(OCc2ccccc2)c1. The van der Waals surface area contributed by atoms with Gasteiger partial charge in [0.25, 0.3) is 0 Å². The zero-order valence-electron chi connectivity index (χ0n) is 27.1. The predicted molar refractivity (Wildman–Crippen MR) is 189 cm³/mol. The van der Waals surface area contributed by atoms with Crippen molar-refractivity contribution in [3.8, 4) is 28.7 Å². The van der Waals surface area contributed by atoms with Crippen LogP contribution in [0.2, 0.25) is 0 Å². The minimum Gasteiger partial charge on any atom is -0.489 e. The second kappa shape index (κ2) is 15.5. The van der Waals surface area contributed by atoms with E-state index in [2.05, 4.69) is 0 Å². The van der Waals surface area contributed by atoms with Gasteiger partial charge in [-0.2, -0.15) is 0 Å². The highest BCUT2D eigenvalue weighted by Gasteiger charge is 2.33. The first-order chi connectivity index (χ1) is 24.2. The monoisotopic (exact) mass is 650 g/mol. The molecule has 0 bridgehead atoms. The van der Waals surface area contributed by atoms with Crippen LogP contribution in [0.1, 0.15) is 39.5 Å². The first kappa shape index (κ1) is 31.9. The average molecular weight is 651 g/mol. The number of benzene rings is 6. The van der Waals surface area contributed by atoms with Gasteiger partial charge in [-0.15, -0.1) is 0 Å². The van der Waals surface area contributed by atoms with Crippen LogP contribution in [0.5, 0.6) is 28.7 Å². The number of hydrogen-bond acceptors (Lipinski definition) is 6. The van der Waals surface area contributed by atoms with Gasteiger partial charge < -0.3 is 28.8 Å². The molecule has 6 heteroatoms. The smallest absolute Gasteiger partial charge is 0.162 e. The van der Waals surface area contributed by atoms with Gasteiger partial charge in [0.15, 0.2) is 11.5 Å². The second-order valence-electron chi connectivity index (χ2n) is 12.0. The molecule has 1 aliphatic heterocycles. The Morgan fingerprint density at radius 1 is 0.490 bits per heavy atom. The molecule has 0 amide bonds. The number of aliphatic hydroxyl groups is 1. The third kappa shape index (κ3) is 8.23. The number of hydrogen-bond donors (Lipinski definition) is 1. The molecule has 0 unspecified atom stereocenters. The molecule has 0 saturated heterocycles. The molecule has 1 N–H and O–H groups in total. The van der Waals surface area contributed by atoms with Gasteiger partial charge in [0.2, 0.25) is 0 Å². The van der Waals surface area contributed by atoms with Crippen LogP contribution in [0.3, 0.4) is 0 Å². The Bertz CT molecular complexity index is 1930. The molecule has 6 aromatic carbocycles. The Balaban J connectivity index is 1.16. The summed E-state index contributed by atoms with van der Waals surface area (Å²) >= 11 is 0. The lowest BCUT2D eigenvalue weighted by Gasteiger charge is -2.32. The molecule has 0 saturated carbocycles. The minimum atomic E-state index is -0.833. The maximum atomic E-state index is 11.5. The lowest BCUT2D eigenvalue weighted by Crippen LogP contribution is -2.30. The maximum absolute atomic E-state index is 11.5. The zero-order chi connectivity index (χ0) is 33.3. The van der Waals surface area contributed by atoms with E-state index in [-0.39, 0.29) is 0 Å². The molecule has 0 aliphatic carbocycles. The highest BCUT2D eigenvalue weighted by atomic mass is 16.5. The van der Waals surface area contributed by atoms with Gasteiger partial charge in [0, 0.05) is 24.1 Å². The normalized spacial score (nSPS) is 15.0. The third-order valence-corrected chi connectivity index (χ3v) is 8.41. The summed E-state index contributed by atoms with van der Waals surface area (Å²) in [5.41, 5.74) is 5.76. The highest BCUT2D eigenvalue weighted by molar-refractivity contribution is 5.53. The second-order valence-corrected chi connectivity index (χ2v) is 12.0. The fraction of sp³-hybridized carbons (Fsp3) is 0.163. The molecule has 49 heavy (non-hydrogen) atoms. The van der Waals surface area contributed by atoms with E-state index in [1.54, 1.807) is 0 Å². The van der Waals surface area contributed by atoms with Crippen LogP contribution in [0.4, 0.5) is 0 Å².